The molecule has 0 saturated carbocycles. The SMILES string of the molecule is Cc1ccc(NC2CCCOc3cc(Br)ccc32)cc1I. The number of hydrogen-bond donors (Lipinski definition) is 1. The average Bonchev–Trinajstić information content (AvgIpc) is 2.65. The highest BCUT2D eigenvalue weighted by Gasteiger charge is 2.20. The lowest BCUT2D eigenvalue weighted by molar-refractivity contribution is 0.316. The second-order valence-corrected chi connectivity index (χ2v) is 7.41. The molecule has 1 unspecified atom stereocenters. The summed E-state index contributed by atoms with van der Waals surface area (Å²) in [4.78, 5) is 0. The Balaban J connectivity index is 1.90. The molecule has 0 spiro atoms. The number of ether oxygens (including phenoxy) is 1. The molecule has 1 aliphatic rings. The smallest absolute Gasteiger partial charge is 0.125 e. The van der Waals surface area contributed by atoms with E-state index in [2.05, 4.69) is 87.2 Å². The highest BCUT2D eigenvalue weighted by atomic mass is 127. The van der Waals surface area contributed by atoms with Crippen molar-refractivity contribution in [2.45, 2.75) is 25.8 Å². The Morgan fingerprint density at radius 2 is 2.10 bits per heavy atom. The zero-order chi connectivity index (χ0) is 14.8. The zero-order valence-electron chi connectivity index (χ0n) is 11.8. The molecule has 1 aliphatic heterocycles. The molecule has 21 heavy (non-hydrogen) atoms. The minimum atomic E-state index is 0.300. The summed E-state index contributed by atoms with van der Waals surface area (Å²) < 4.78 is 8.22. The number of anilines is 1. The van der Waals surface area contributed by atoms with Gasteiger partial charge in [-0.15, -0.1) is 0 Å². The maximum absolute atomic E-state index is 5.87. The first-order chi connectivity index (χ1) is 10.1. The molecule has 0 fully saturated rings. The molecule has 1 N–H and O–H groups in total. The predicted molar refractivity (Wildman–Crippen MR) is 99.1 cm³/mol. The molecule has 2 aromatic carbocycles. The van der Waals surface area contributed by atoms with E-state index in [0.29, 0.717) is 6.04 Å². The van der Waals surface area contributed by atoms with Crippen LogP contribution in [0.3, 0.4) is 0 Å². The number of hydrogen-bond acceptors (Lipinski definition) is 2. The van der Waals surface area contributed by atoms with Crippen molar-refractivity contribution in [2.24, 2.45) is 0 Å². The molecule has 0 amide bonds. The molecule has 0 bridgehead atoms. The molecule has 1 heterocycles. The summed E-state index contributed by atoms with van der Waals surface area (Å²) in [5.74, 6) is 0.987. The third kappa shape index (κ3) is 3.54. The van der Waals surface area contributed by atoms with E-state index in [9.17, 15) is 0 Å². The first kappa shape index (κ1) is 15.2. The van der Waals surface area contributed by atoms with Gasteiger partial charge in [-0.2, -0.15) is 0 Å². The lowest BCUT2D eigenvalue weighted by Gasteiger charge is -2.20. The molecule has 2 nitrogen and oxygen atoms in total. The fourth-order valence-electron chi connectivity index (χ4n) is 2.58. The van der Waals surface area contributed by atoms with Crippen LogP contribution in [0, 0.1) is 10.5 Å². The Bertz CT molecular complexity index is 659. The van der Waals surface area contributed by atoms with Crippen molar-refractivity contribution in [3.05, 3.63) is 55.6 Å². The zero-order valence-corrected chi connectivity index (χ0v) is 15.6. The molecule has 110 valence electrons. The summed E-state index contributed by atoms with van der Waals surface area (Å²) in [6.07, 6.45) is 2.14. The maximum atomic E-state index is 5.87. The molecule has 3 rings (SSSR count). The van der Waals surface area contributed by atoms with Gasteiger partial charge in [0.25, 0.3) is 0 Å². The van der Waals surface area contributed by atoms with E-state index < -0.39 is 0 Å². The molecule has 1 atom stereocenters. The van der Waals surface area contributed by atoms with Gasteiger partial charge in [0.05, 0.1) is 12.6 Å². The first-order valence-corrected chi connectivity index (χ1v) is 8.95. The molecule has 0 saturated heterocycles. The van der Waals surface area contributed by atoms with Gasteiger partial charge in [0.2, 0.25) is 0 Å². The van der Waals surface area contributed by atoms with Crippen LogP contribution in [0.25, 0.3) is 0 Å². The van der Waals surface area contributed by atoms with E-state index in [1.807, 2.05) is 0 Å². The molecular weight excluding hydrogens is 441 g/mol. The number of halogens is 2. The van der Waals surface area contributed by atoms with Gasteiger partial charge in [-0.3, -0.25) is 0 Å². The Kier molecular flexibility index (Phi) is 4.74. The lowest BCUT2D eigenvalue weighted by Crippen LogP contribution is -2.10. The number of nitrogens with one attached hydrogen (secondary N) is 1. The van der Waals surface area contributed by atoms with E-state index in [0.717, 1.165) is 29.7 Å². The highest BCUT2D eigenvalue weighted by molar-refractivity contribution is 14.1. The van der Waals surface area contributed by atoms with Gasteiger partial charge in [-0.05, 0) is 72.2 Å². The minimum absolute atomic E-state index is 0.300. The highest BCUT2D eigenvalue weighted by Crippen LogP contribution is 2.36. The third-order valence-corrected chi connectivity index (χ3v) is 5.41. The monoisotopic (exact) mass is 457 g/mol. The van der Waals surface area contributed by atoms with Gasteiger partial charge < -0.3 is 10.1 Å². The van der Waals surface area contributed by atoms with Crippen LogP contribution in [-0.2, 0) is 0 Å². The second-order valence-electron chi connectivity index (χ2n) is 5.33. The van der Waals surface area contributed by atoms with Gasteiger partial charge in [0.1, 0.15) is 5.75 Å². The molecule has 4 heteroatoms. The van der Waals surface area contributed by atoms with Crippen molar-refractivity contribution in [2.75, 3.05) is 11.9 Å². The van der Waals surface area contributed by atoms with Gasteiger partial charge >= 0.3 is 0 Å². The van der Waals surface area contributed by atoms with Crippen LogP contribution in [0.4, 0.5) is 5.69 Å². The summed E-state index contributed by atoms with van der Waals surface area (Å²) in [7, 11) is 0. The summed E-state index contributed by atoms with van der Waals surface area (Å²) >= 11 is 5.90. The van der Waals surface area contributed by atoms with Gasteiger partial charge in [0.15, 0.2) is 0 Å². The summed E-state index contributed by atoms with van der Waals surface area (Å²) in [5.41, 5.74) is 3.73. The van der Waals surface area contributed by atoms with Crippen molar-refractivity contribution in [3.63, 3.8) is 0 Å². The maximum Gasteiger partial charge on any atom is 0.125 e. The van der Waals surface area contributed by atoms with Crippen LogP contribution < -0.4 is 10.1 Å². The summed E-state index contributed by atoms with van der Waals surface area (Å²) in [5, 5.41) is 3.66. The molecule has 0 aliphatic carbocycles. The molecular formula is C17H17BrINO. The molecule has 2 aromatic rings. The normalized spacial score (nSPS) is 17.6. The van der Waals surface area contributed by atoms with Crippen LogP contribution in [0.2, 0.25) is 0 Å². The first-order valence-electron chi connectivity index (χ1n) is 7.08. The van der Waals surface area contributed by atoms with Gasteiger partial charge in [-0.1, -0.05) is 28.1 Å². The minimum Gasteiger partial charge on any atom is -0.493 e. The standard InChI is InChI=1S/C17H17BrINO/c1-11-4-6-13(10-15(11)19)20-16-3-2-8-21-17-9-12(18)5-7-14(16)17/h4-7,9-10,16,20H,2-3,8H2,1H3. The van der Waals surface area contributed by atoms with Crippen molar-refractivity contribution < 1.29 is 4.74 Å². The van der Waals surface area contributed by atoms with Crippen molar-refractivity contribution in [1.82, 2.24) is 0 Å². The number of aryl methyl sites for hydroxylation is 1. The second kappa shape index (κ2) is 6.57. The van der Waals surface area contributed by atoms with Gasteiger partial charge in [-0.25, -0.2) is 0 Å². The number of fused-ring (bicyclic) bond motifs is 1. The summed E-state index contributed by atoms with van der Waals surface area (Å²) in [6.45, 7) is 2.92. The topological polar surface area (TPSA) is 21.3 Å². The predicted octanol–water partition coefficient (Wildman–Crippen LogP) is 5.69. The van der Waals surface area contributed by atoms with Crippen LogP contribution in [0.1, 0.15) is 30.0 Å². The van der Waals surface area contributed by atoms with E-state index in [-0.39, 0.29) is 0 Å². The molecule has 0 aromatic heterocycles. The Morgan fingerprint density at radius 1 is 1.24 bits per heavy atom. The largest absolute Gasteiger partial charge is 0.493 e. The van der Waals surface area contributed by atoms with Crippen molar-refractivity contribution >= 4 is 44.2 Å². The Labute approximate surface area is 147 Å². The fraction of sp³-hybridized carbons (Fsp3) is 0.294. The number of rotatable bonds is 2. The number of benzene rings is 2. The van der Waals surface area contributed by atoms with Crippen LogP contribution in [-0.4, -0.2) is 6.61 Å². The average molecular weight is 458 g/mol. The van der Waals surface area contributed by atoms with E-state index in [4.69, 9.17) is 4.74 Å². The van der Waals surface area contributed by atoms with E-state index >= 15 is 0 Å². The van der Waals surface area contributed by atoms with Crippen LogP contribution in [0.15, 0.2) is 40.9 Å². The van der Waals surface area contributed by atoms with E-state index in [1.165, 1.54) is 20.4 Å². The van der Waals surface area contributed by atoms with E-state index in [1.54, 1.807) is 0 Å². The van der Waals surface area contributed by atoms with Crippen molar-refractivity contribution in [3.8, 4) is 5.75 Å². The third-order valence-electron chi connectivity index (χ3n) is 3.76. The van der Waals surface area contributed by atoms with Crippen LogP contribution >= 0.6 is 38.5 Å². The van der Waals surface area contributed by atoms with Crippen molar-refractivity contribution in [1.29, 1.82) is 0 Å². The summed E-state index contributed by atoms with van der Waals surface area (Å²) in [6, 6.07) is 13.1. The van der Waals surface area contributed by atoms with Gasteiger partial charge in [0, 0.05) is 19.3 Å². The molecule has 0 radical (unpaired) electrons. The lowest BCUT2D eigenvalue weighted by atomic mass is 10.0. The Hall–Kier alpha value is -0.750. The van der Waals surface area contributed by atoms with Crippen LogP contribution in [0.5, 0.6) is 5.75 Å². The Morgan fingerprint density at radius 3 is 2.90 bits per heavy atom. The fourth-order valence-corrected chi connectivity index (χ4v) is 3.44. The quantitative estimate of drug-likeness (QED) is 0.585.